The summed E-state index contributed by atoms with van der Waals surface area (Å²) < 4.78 is 8.11. The molecule has 0 fully saturated rings. The maximum Gasteiger partial charge on any atom is 2.00 e. The molecule has 6 nitrogen and oxygen atoms in total. The van der Waals surface area contributed by atoms with Crippen molar-refractivity contribution in [1.29, 1.82) is 0 Å². The molecular formula is C37H29N5OPt. The minimum Gasteiger partial charge on any atom is -0.466 e. The Morgan fingerprint density at radius 1 is 0.682 bits per heavy atom. The van der Waals surface area contributed by atoms with Crippen LogP contribution in [0.15, 0.2) is 122 Å². The normalized spacial score (nSPS) is 11.3. The van der Waals surface area contributed by atoms with Gasteiger partial charge in [0, 0.05) is 29.7 Å². The van der Waals surface area contributed by atoms with Crippen LogP contribution in [0.1, 0.15) is 26.3 Å². The maximum atomic E-state index is 5.95. The molecule has 0 aliphatic rings. The number of rotatable bonds is 3. The molecule has 0 atom stereocenters. The van der Waals surface area contributed by atoms with Crippen LogP contribution in [-0.4, -0.2) is 19.5 Å². The molecule has 5 heterocycles. The fourth-order valence-electron chi connectivity index (χ4n) is 5.31. The third-order valence-corrected chi connectivity index (χ3v) is 7.46. The van der Waals surface area contributed by atoms with Crippen molar-refractivity contribution in [2.75, 3.05) is 0 Å². The van der Waals surface area contributed by atoms with Crippen molar-refractivity contribution in [3.8, 4) is 17.4 Å². The molecule has 0 saturated carbocycles. The number of para-hydroxylation sites is 2. The van der Waals surface area contributed by atoms with E-state index < -0.39 is 0 Å². The minimum atomic E-state index is 0. The third kappa shape index (κ3) is 5.61. The Morgan fingerprint density at radius 2 is 1.43 bits per heavy atom. The monoisotopic (exact) mass is 754 g/mol. The zero-order chi connectivity index (χ0) is 29.4. The Balaban J connectivity index is 0.000000204. The second-order valence-corrected chi connectivity index (χ2v) is 11.4. The summed E-state index contributed by atoms with van der Waals surface area (Å²) in [6.45, 7) is 6.63. The second kappa shape index (κ2) is 12.1. The van der Waals surface area contributed by atoms with E-state index in [2.05, 4.69) is 101 Å². The smallest absolute Gasteiger partial charge is 0.466 e. The van der Waals surface area contributed by atoms with Crippen LogP contribution in [0, 0.1) is 6.07 Å². The summed E-state index contributed by atoms with van der Waals surface area (Å²) >= 11 is 0. The van der Waals surface area contributed by atoms with Crippen molar-refractivity contribution < 1.29 is 25.8 Å². The van der Waals surface area contributed by atoms with Gasteiger partial charge in [-0.05, 0) is 56.9 Å². The number of hydrogen-bond donors (Lipinski definition) is 0. The molecule has 0 amide bonds. The summed E-state index contributed by atoms with van der Waals surface area (Å²) in [6, 6.07) is 37.8. The van der Waals surface area contributed by atoms with Gasteiger partial charge in [0.1, 0.15) is 5.82 Å². The molecule has 44 heavy (non-hydrogen) atoms. The molecule has 0 unspecified atom stereocenters. The fourth-order valence-corrected chi connectivity index (χ4v) is 5.31. The predicted molar refractivity (Wildman–Crippen MR) is 173 cm³/mol. The van der Waals surface area contributed by atoms with Crippen LogP contribution in [0.4, 0.5) is 0 Å². The SMILES string of the molecule is CC(C)(C)c1ccnc(-n2c3[c-]c(Oc4ccccn4)ccc3c3ccccc32)c1.[Pt+2].c1ccc2c(c1)[n-]c1ncccc12. The van der Waals surface area contributed by atoms with Gasteiger partial charge in [0.15, 0.2) is 0 Å². The number of fused-ring (bicyclic) bond motifs is 6. The molecular weight excluding hydrogens is 726 g/mol. The van der Waals surface area contributed by atoms with Gasteiger partial charge in [-0.3, -0.25) is 0 Å². The predicted octanol–water partition coefficient (Wildman–Crippen LogP) is 8.81. The minimum absolute atomic E-state index is 0. The van der Waals surface area contributed by atoms with Crippen LogP contribution in [0.5, 0.6) is 11.6 Å². The quantitative estimate of drug-likeness (QED) is 0.169. The van der Waals surface area contributed by atoms with Crippen LogP contribution in [0.3, 0.4) is 0 Å². The van der Waals surface area contributed by atoms with Crippen molar-refractivity contribution in [3.63, 3.8) is 0 Å². The van der Waals surface area contributed by atoms with Crippen molar-refractivity contribution in [1.82, 2.24) is 24.5 Å². The van der Waals surface area contributed by atoms with Crippen LogP contribution in [-0.2, 0) is 26.5 Å². The zero-order valence-corrected chi connectivity index (χ0v) is 26.8. The molecule has 218 valence electrons. The van der Waals surface area contributed by atoms with Crippen molar-refractivity contribution in [2.24, 2.45) is 0 Å². The zero-order valence-electron chi connectivity index (χ0n) is 24.5. The van der Waals surface area contributed by atoms with Gasteiger partial charge in [-0.15, -0.1) is 17.5 Å². The Bertz CT molecular complexity index is 2160. The molecule has 0 saturated heterocycles. The van der Waals surface area contributed by atoms with Crippen LogP contribution < -0.4 is 9.72 Å². The van der Waals surface area contributed by atoms with Crippen molar-refractivity contribution in [3.05, 3.63) is 133 Å². The van der Waals surface area contributed by atoms with Gasteiger partial charge in [-0.25, -0.2) is 9.97 Å². The van der Waals surface area contributed by atoms with Crippen molar-refractivity contribution >= 4 is 43.7 Å². The summed E-state index contributed by atoms with van der Waals surface area (Å²) in [6.07, 6.45) is 5.37. The van der Waals surface area contributed by atoms with E-state index in [1.165, 1.54) is 10.9 Å². The average molecular weight is 755 g/mol. The fraction of sp³-hybridized carbons (Fsp3) is 0.108. The van der Waals surface area contributed by atoms with E-state index in [0.717, 1.165) is 44.2 Å². The maximum absolute atomic E-state index is 5.95. The summed E-state index contributed by atoms with van der Waals surface area (Å²) in [5.41, 5.74) is 5.16. The third-order valence-electron chi connectivity index (χ3n) is 7.46. The molecule has 0 bridgehead atoms. The standard InChI is InChI=1S/C26H22N3O.C11H7N2.Pt/c1-26(2,3)18-13-15-27-24(16-18)29-22-9-5-4-8-20(22)21-12-11-19(17-23(21)29)30-25-10-6-7-14-28-25;1-2-6-10-8(4-1)9-5-3-7-12-11(9)13-10;/h4-16H,1-3H3;1-7H;/q2*-1;+2. The van der Waals surface area contributed by atoms with Crippen LogP contribution in [0.25, 0.3) is 49.6 Å². The van der Waals surface area contributed by atoms with Gasteiger partial charge in [0.2, 0.25) is 5.88 Å². The van der Waals surface area contributed by atoms with Gasteiger partial charge in [-0.2, -0.15) is 6.07 Å². The summed E-state index contributed by atoms with van der Waals surface area (Å²) in [4.78, 5) is 17.6. The average Bonchev–Trinajstić information content (AvgIpc) is 3.57. The first-order valence-corrected chi connectivity index (χ1v) is 14.2. The van der Waals surface area contributed by atoms with Gasteiger partial charge < -0.3 is 19.3 Å². The van der Waals surface area contributed by atoms with Crippen LogP contribution in [0.2, 0.25) is 0 Å². The Kier molecular flexibility index (Phi) is 8.03. The van der Waals surface area contributed by atoms with Crippen molar-refractivity contribution in [2.45, 2.75) is 26.2 Å². The number of ether oxygens (including phenoxy) is 1. The van der Waals surface area contributed by atoms with E-state index >= 15 is 0 Å². The summed E-state index contributed by atoms with van der Waals surface area (Å²) in [5.74, 6) is 2.04. The van der Waals surface area contributed by atoms with E-state index in [9.17, 15) is 0 Å². The number of hydrogen-bond acceptors (Lipinski definition) is 4. The first-order valence-electron chi connectivity index (χ1n) is 14.2. The molecule has 3 aromatic carbocycles. The Morgan fingerprint density at radius 3 is 2.25 bits per heavy atom. The molecule has 7 heteroatoms. The van der Waals surface area contributed by atoms with E-state index in [1.54, 1.807) is 12.4 Å². The molecule has 0 aliphatic carbocycles. The first kappa shape index (κ1) is 29.3. The molecule has 0 radical (unpaired) electrons. The Labute approximate surface area is 270 Å². The van der Waals surface area contributed by atoms with Gasteiger partial charge >= 0.3 is 21.1 Å². The van der Waals surface area contributed by atoms with E-state index in [4.69, 9.17) is 9.72 Å². The van der Waals surface area contributed by atoms with E-state index in [0.29, 0.717) is 11.6 Å². The van der Waals surface area contributed by atoms with Gasteiger partial charge in [0.25, 0.3) is 0 Å². The van der Waals surface area contributed by atoms with Crippen LogP contribution >= 0.6 is 0 Å². The molecule has 0 N–H and O–H groups in total. The summed E-state index contributed by atoms with van der Waals surface area (Å²) in [7, 11) is 0. The number of nitrogens with zero attached hydrogens (tertiary/aromatic N) is 5. The number of benzene rings is 3. The van der Waals surface area contributed by atoms with E-state index in [-0.39, 0.29) is 26.5 Å². The molecule has 0 aliphatic heterocycles. The first-order chi connectivity index (χ1) is 21.0. The summed E-state index contributed by atoms with van der Waals surface area (Å²) in [5, 5.41) is 4.60. The van der Waals surface area contributed by atoms with Gasteiger partial charge in [-0.1, -0.05) is 98.8 Å². The topological polar surface area (TPSA) is 66.9 Å². The van der Waals surface area contributed by atoms with Gasteiger partial charge in [0.05, 0.1) is 0 Å². The Hall–Kier alpha value is -4.80. The molecule has 5 aromatic heterocycles. The molecule has 0 spiro atoms. The molecule has 8 aromatic rings. The molecule has 8 rings (SSSR count). The largest absolute Gasteiger partial charge is 2.00 e. The number of pyridine rings is 3. The van der Waals surface area contributed by atoms with E-state index in [1.807, 2.05) is 54.7 Å². The second-order valence-electron chi connectivity index (χ2n) is 11.4. The number of aromatic nitrogens is 5.